The van der Waals surface area contributed by atoms with Crippen molar-refractivity contribution in [3.05, 3.63) is 28.2 Å². The Labute approximate surface area is 108 Å². The topological polar surface area (TPSA) is 104 Å². The molecule has 1 heterocycles. The molecule has 1 aromatic heterocycles. The molecule has 98 valence electrons. The van der Waals surface area contributed by atoms with Crippen LogP contribution in [0.1, 0.15) is 17.4 Å². The first-order chi connectivity index (χ1) is 8.50. The lowest BCUT2D eigenvalue weighted by Gasteiger charge is -2.07. The standard InChI is InChI=1S/C10H13ClN4O3/c1-6(11)9(17)12-4-5-13-10(18)7-2-3-8(16)15-14-7/h2-3,6H,4-5H2,1H3,(H,12,17)(H,13,18)(H,15,16). The maximum atomic E-state index is 11.5. The van der Waals surface area contributed by atoms with Crippen LogP contribution in [0, 0.1) is 0 Å². The van der Waals surface area contributed by atoms with Gasteiger partial charge < -0.3 is 10.6 Å². The second kappa shape index (κ2) is 6.75. The Kier molecular flexibility index (Phi) is 5.31. The largest absolute Gasteiger partial charge is 0.353 e. The van der Waals surface area contributed by atoms with Gasteiger partial charge in [-0.1, -0.05) is 0 Å². The van der Waals surface area contributed by atoms with Gasteiger partial charge in [0.25, 0.3) is 11.5 Å². The highest BCUT2D eigenvalue weighted by Crippen LogP contribution is 1.91. The minimum atomic E-state index is -0.610. The molecule has 1 aromatic rings. The van der Waals surface area contributed by atoms with E-state index in [4.69, 9.17) is 11.6 Å². The van der Waals surface area contributed by atoms with Gasteiger partial charge in [0.2, 0.25) is 5.91 Å². The van der Waals surface area contributed by atoms with Crippen molar-refractivity contribution in [1.29, 1.82) is 0 Å². The molecule has 1 rings (SSSR count). The summed E-state index contributed by atoms with van der Waals surface area (Å²) in [4.78, 5) is 33.3. The van der Waals surface area contributed by atoms with Gasteiger partial charge in [-0.2, -0.15) is 5.10 Å². The fourth-order valence-electron chi connectivity index (χ4n) is 1.06. The number of aromatic amines is 1. The van der Waals surface area contributed by atoms with E-state index in [1.165, 1.54) is 12.1 Å². The number of amides is 2. The molecule has 3 N–H and O–H groups in total. The van der Waals surface area contributed by atoms with Crippen molar-refractivity contribution in [3.8, 4) is 0 Å². The number of rotatable bonds is 5. The van der Waals surface area contributed by atoms with Crippen LogP contribution in [0.2, 0.25) is 0 Å². The third-order valence-electron chi connectivity index (χ3n) is 1.98. The van der Waals surface area contributed by atoms with E-state index in [0.717, 1.165) is 0 Å². The molecule has 0 fully saturated rings. The number of alkyl halides is 1. The van der Waals surface area contributed by atoms with Gasteiger partial charge in [-0.15, -0.1) is 11.6 Å². The highest BCUT2D eigenvalue weighted by molar-refractivity contribution is 6.30. The summed E-state index contributed by atoms with van der Waals surface area (Å²) in [6, 6.07) is 2.52. The van der Waals surface area contributed by atoms with E-state index in [2.05, 4.69) is 20.8 Å². The molecule has 7 nitrogen and oxygen atoms in total. The molecule has 2 amide bonds. The molecule has 8 heteroatoms. The Morgan fingerprint density at radius 1 is 1.39 bits per heavy atom. The number of nitrogens with one attached hydrogen (secondary N) is 3. The molecule has 0 radical (unpaired) electrons. The highest BCUT2D eigenvalue weighted by atomic mass is 35.5. The van der Waals surface area contributed by atoms with E-state index in [9.17, 15) is 14.4 Å². The number of aromatic nitrogens is 2. The number of carbonyl (C=O) groups is 2. The van der Waals surface area contributed by atoms with Crippen LogP contribution in [0.15, 0.2) is 16.9 Å². The molecule has 0 aromatic carbocycles. The molecule has 0 bridgehead atoms. The van der Waals surface area contributed by atoms with Crippen molar-refractivity contribution in [2.24, 2.45) is 0 Å². The molecule has 0 saturated carbocycles. The van der Waals surface area contributed by atoms with E-state index < -0.39 is 11.3 Å². The SMILES string of the molecule is CC(Cl)C(=O)NCCNC(=O)c1ccc(=O)[nH]n1. The van der Waals surface area contributed by atoms with Crippen LogP contribution in [-0.4, -0.2) is 40.5 Å². The molecular formula is C10H13ClN4O3. The summed E-state index contributed by atoms with van der Waals surface area (Å²) in [5.41, 5.74) is -0.276. The lowest BCUT2D eigenvalue weighted by atomic mass is 10.3. The number of nitrogens with zero attached hydrogens (tertiary/aromatic N) is 1. The van der Waals surface area contributed by atoms with Crippen molar-refractivity contribution in [1.82, 2.24) is 20.8 Å². The van der Waals surface area contributed by atoms with Crippen molar-refractivity contribution in [3.63, 3.8) is 0 Å². The number of halogens is 1. The summed E-state index contributed by atoms with van der Waals surface area (Å²) in [5.74, 6) is -0.729. The van der Waals surface area contributed by atoms with E-state index in [0.29, 0.717) is 0 Å². The van der Waals surface area contributed by atoms with Crippen LogP contribution in [0.4, 0.5) is 0 Å². The van der Waals surface area contributed by atoms with Crippen molar-refractivity contribution < 1.29 is 9.59 Å². The molecule has 0 aliphatic heterocycles. The van der Waals surface area contributed by atoms with Crippen molar-refractivity contribution in [2.45, 2.75) is 12.3 Å². The number of hydrogen-bond donors (Lipinski definition) is 3. The first-order valence-electron chi connectivity index (χ1n) is 5.26. The van der Waals surface area contributed by atoms with E-state index in [1.54, 1.807) is 6.92 Å². The lowest BCUT2D eigenvalue weighted by Crippen LogP contribution is -2.37. The summed E-state index contributed by atoms with van der Waals surface area (Å²) < 4.78 is 0. The average Bonchev–Trinajstić information content (AvgIpc) is 2.34. The molecule has 0 aliphatic carbocycles. The zero-order chi connectivity index (χ0) is 13.5. The van der Waals surface area contributed by atoms with E-state index in [-0.39, 0.29) is 30.2 Å². The van der Waals surface area contributed by atoms with Crippen molar-refractivity contribution >= 4 is 23.4 Å². The molecule has 1 atom stereocenters. The normalized spacial score (nSPS) is 11.7. The second-order valence-corrected chi connectivity index (χ2v) is 4.12. The summed E-state index contributed by atoms with van der Waals surface area (Å²) in [6.07, 6.45) is 0. The van der Waals surface area contributed by atoms with Gasteiger partial charge in [0.15, 0.2) is 0 Å². The molecule has 0 spiro atoms. The Balaban J connectivity index is 2.32. The molecular weight excluding hydrogens is 260 g/mol. The van der Waals surface area contributed by atoms with E-state index >= 15 is 0 Å². The Morgan fingerprint density at radius 2 is 2.06 bits per heavy atom. The summed E-state index contributed by atoms with van der Waals surface area (Å²) in [7, 11) is 0. The minimum Gasteiger partial charge on any atom is -0.353 e. The molecule has 0 aliphatic rings. The number of hydrogen-bond acceptors (Lipinski definition) is 4. The van der Waals surface area contributed by atoms with Gasteiger partial charge in [-0.3, -0.25) is 14.4 Å². The predicted octanol–water partition coefficient (Wildman–Crippen LogP) is -0.757. The third kappa shape index (κ3) is 4.54. The van der Waals surface area contributed by atoms with Gasteiger partial charge in [-0.25, -0.2) is 5.10 Å². The fourth-order valence-corrected chi connectivity index (χ4v) is 1.14. The van der Waals surface area contributed by atoms with Crippen LogP contribution >= 0.6 is 11.6 Å². The summed E-state index contributed by atoms with van der Waals surface area (Å²) in [6.45, 7) is 2.07. The predicted molar refractivity (Wildman–Crippen MR) is 65.5 cm³/mol. The van der Waals surface area contributed by atoms with Gasteiger partial charge in [0.05, 0.1) is 0 Å². The minimum absolute atomic E-state index is 0.103. The Hall–Kier alpha value is -1.89. The smallest absolute Gasteiger partial charge is 0.271 e. The van der Waals surface area contributed by atoms with Crippen LogP contribution in [0.5, 0.6) is 0 Å². The first kappa shape index (κ1) is 14.2. The zero-order valence-corrected chi connectivity index (χ0v) is 10.5. The van der Waals surface area contributed by atoms with Gasteiger partial charge in [-0.05, 0) is 13.0 Å². The monoisotopic (exact) mass is 272 g/mol. The third-order valence-corrected chi connectivity index (χ3v) is 2.18. The van der Waals surface area contributed by atoms with Gasteiger partial charge in [0, 0.05) is 19.2 Å². The Bertz CT molecular complexity index is 466. The number of carbonyl (C=O) groups excluding carboxylic acids is 2. The van der Waals surface area contributed by atoms with Crippen LogP contribution in [0.3, 0.4) is 0 Å². The summed E-state index contributed by atoms with van der Waals surface area (Å²) in [5, 5.41) is 10.2. The highest BCUT2D eigenvalue weighted by Gasteiger charge is 2.09. The zero-order valence-electron chi connectivity index (χ0n) is 9.70. The molecule has 1 unspecified atom stereocenters. The maximum absolute atomic E-state index is 11.5. The lowest BCUT2D eigenvalue weighted by molar-refractivity contribution is -0.120. The van der Waals surface area contributed by atoms with Crippen molar-refractivity contribution in [2.75, 3.05) is 13.1 Å². The second-order valence-electron chi connectivity index (χ2n) is 3.47. The van der Waals surface area contributed by atoms with Crippen LogP contribution in [0.25, 0.3) is 0 Å². The molecule has 0 saturated heterocycles. The first-order valence-corrected chi connectivity index (χ1v) is 5.70. The summed E-state index contributed by atoms with van der Waals surface area (Å²) >= 11 is 5.54. The van der Waals surface area contributed by atoms with Gasteiger partial charge >= 0.3 is 0 Å². The molecule has 18 heavy (non-hydrogen) atoms. The van der Waals surface area contributed by atoms with Crippen LogP contribution in [-0.2, 0) is 4.79 Å². The number of H-pyrrole nitrogens is 1. The average molecular weight is 273 g/mol. The van der Waals surface area contributed by atoms with E-state index in [1.807, 2.05) is 0 Å². The fraction of sp³-hybridized carbons (Fsp3) is 0.400. The van der Waals surface area contributed by atoms with Gasteiger partial charge in [0.1, 0.15) is 11.1 Å². The maximum Gasteiger partial charge on any atom is 0.271 e. The quantitative estimate of drug-likeness (QED) is 0.484. The van der Waals surface area contributed by atoms with Crippen LogP contribution < -0.4 is 16.2 Å². The Morgan fingerprint density at radius 3 is 2.61 bits per heavy atom.